The molecule has 0 radical (unpaired) electrons. The number of non-ortho nitro benzene ring substituents is 1. The number of aliphatic carboxylic acids is 2. The molecule has 238 valence electrons. The van der Waals surface area contributed by atoms with Crippen LogP contribution in [-0.2, 0) is 9.59 Å². The molecule has 6 atom stereocenters. The third-order valence-electron chi connectivity index (χ3n) is 11.1. The molecule has 6 unspecified atom stereocenters. The number of hydrogen-bond donors (Lipinski definition) is 3. The first-order chi connectivity index (χ1) is 21.4. The lowest BCUT2D eigenvalue weighted by atomic mass is 9.44. The molecule has 0 bridgehead atoms. The fourth-order valence-corrected chi connectivity index (χ4v) is 8.62. The van der Waals surface area contributed by atoms with Gasteiger partial charge in [-0.15, -0.1) is 0 Å². The van der Waals surface area contributed by atoms with Gasteiger partial charge in [0.1, 0.15) is 0 Å². The van der Waals surface area contributed by atoms with Crippen LogP contribution < -0.4 is 5.32 Å². The van der Waals surface area contributed by atoms with Gasteiger partial charge in [-0.3, -0.25) is 19.7 Å². The van der Waals surface area contributed by atoms with Crippen molar-refractivity contribution < 1.29 is 24.7 Å². The number of likely N-dealkylation sites (tertiary alicyclic amines) is 1. The Morgan fingerprint density at radius 3 is 2.07 bits per heavy atom. The third kappa shape index (κ3) is 5.42. The highest BCUT2D eigenvalue weighted by atomic mass is 16.6. The summed E-state index contributed by atoms with van der Waals surface area (Å²) in [5, 5.41) is 37.2. The molecule has 2 saturated heterocycles. The van der Waals surface area contributed by atoms with Gasteiger partial charge in [-0.2, -0.15) is 0 Å². The van der Waals surface area contributed by atoms with Gasteiger partial charge in [0.2, 0.25) is 0 Å². The van der Waals surface area contributed by atoms with Gasteiger partial charge in [-0.1, -0.05) is 79.7 Å². The number of nitro benzene ring substituents is 1. The maximum absolute atomic E-state index is 13.9. The summed E-state index contributed by atoms with van der Waals surface area (Å²) >= 11 is 0. The van der Waals surface area contributed by atoms with E-state index < -0.39 is 51.1 Å². The van der Waals surface area contributed by atoms with Gasteiger partial charge in [0.05, 0.1) is 15.8 Å². The molecule has 2 fully saturated rings. The van der Waals surface area contributed by atoms with Crippen molar-refractivity contribution in [3.63, 3.8) is 0 Å². The van der Waals surface area contributed by atoms with Crippen LogP contribution in [0.2, 0.25) is 0 Å². The zero-order valence-electron chi connectivity index (χ0n) is 26.3. The number of hydrogen-bond acceptors (Lipinski definition) is 6. The standard InChI is InChI=1S/C36H43N3O6/c1-24-35(4,32(40)41)31(28-16-11-17-29(22-28)39(44)45)36(33(42)43,25(2)37-24)34(3)19-21-38(23-34)20-18-30(26-12-7-5-8-13-26)27-14-9-6-10-15-27/h5-17,22,24-25,30-31,37H,18-21,23H2,1-4H3,(H,40,41)(H,42,43). The van der Waals surface area contributed by atoms with Crippen molar-refractivity contribution >= 4 is 17.6 Å². The third-order valence-corrected chi connectivity index (χ3v) is 11.1. The second-order valence-corrected chi connectivity index (χ2v) is 13.4. The van der Waals surface area contributed by atoms with Crippen LogP contribution in [0.1, 0.15) is 69.1 Å². The second kappa shape index (κ2) is 12.4. The highest BCUT2D eigenvalue weighted by Gasteiger charge is 2.71. The molecular formula is C36H43N3O6. The van der Waals surface area contributed by atoms with Gasteiger partial charge in [-0.25, -0.2) is 0 Å². The lowest BCUT2D eigenvalue weighted by molar-refractivity contribution is -0.385. The molecule has 2 aliphatic rings. The van der Waals surface area contributed by atoms with Gasteiger partial charge in [0.25, 0.3) is 5.69 Å². The van der Waals surface area contributed by atoms with E-state index in [1.807, 2.05) is 50.2 Å². The molecule has 9 heteroatoms. The maximum atomic E-state index is 13.9. The van der Waals surface area contributed by atoms with Crippen LogP contribution in [0.15, 0.2) is 84.9 Å². The van der Waals surface area contributed by atoms with E-state index in [0.29, 0.717) is 25.1 Å². The number of nitro groups is 1. The van der Waals surface area contributed by atoms with Crippen molar-refractivity contribution in [2.45, 2.75) is 64.5 Å². The molecule has 0 aliphatic carbocycles. The Kier molecular flexibility index (Phi) is 8.88. The molecule has 2 heterocycles. The summed E-state index contributed by atoms with van der Waals surface area (Å²) < 4.78 is 0. The zero-order valence-corrected chi connectivity index (χ0v) is 26.3. The molecule has 0 aromatic heterocycles. The Balaban J connectivity index is 1.55. The molecule has 0 amide bonds. The van der Waals surface area contributed by atoms with Gasteiger partial charge >= 0.3 is 11.9 Å². The molecule has 9 nitrogen and oxygen atoms in total. The molecule has 2 aliphatic heterocycles. The van der Waals surface area contributed by atoms with E-state index in [9.17, 15) is 29.9 Å². The molecule has 0 saturated carbocycles. The minimum absolute atomic E-state index is 0.164. The number of nitrogens with one attached hydrogen (secondary N) is 1. The predicted molar refractivity (Wildman–Crippen MR) is 172 cm³/mol. The van der Waals surface area contributed by atoms with Gasteiger partial charge in [0, 0.05) is 42.6 Å². The monoisotopic (exact) mass is 613 g/mol. The topological polar surface area (TPSA) is 133 Å². The van der Waals surface area contributed by atoms with E-state index in [2.05, 4.69) is 34.5 Å². The zero-order chi connectivity index (χ0) is 32.6. The van der Waals surface area contributed by atoms with E-state index in [1.165, 1.54) is 29.3 Å². The minimum Gasteiger partial charge on any atom is -0.481 e. The van der Waals surface area contributed by atoms with Crippen molar-refractivity contribution in [1.82, 2.24) is 10.2 Å². The summed E-state index contributed by atoms with van der Waals surface area (Å²) in [7, 11) is 0. The molecule has 45 heavy (non-hydrogen) atoms. The SMILES string of the molecule is CC1NC(C)C(C(=O)O)(C2(C)CCN(CCC(c3ccccc3)c3ccccc3)C2)C(c2cccc([N+](=O)[O-])c2)C1(C)C(=O)O. The average Bonchev–Trinajstić information content (AvgIpc) is 3.41. The fraction of sp³-hybridized carbons (Fsp3) is 0.444. The Bertz CT molecular complexity index is 1510. The highest BCUT2D eigenvalue weighted by Crippen LogP contribution is 2.64. The number of carboxylic acids is 2. The minimum atomic E-state index is -1.59. The molecule has 3 N–H and O–H groups in total. The van der Waals surface area contributed by atoms with Crippen LogP contribution in [0.5, 0.6) is 0 Å². The summed E-state index contributed by atoms with van der Waals surface area (Å²) in [5.41, 5.74) is -1.40. The molecule has 0 spiro atoms. The summed E-state index contributed by atoms with van der Waals surface area (Å²) in [6.45, 7) is 8.99. The van der Waals surface area contributed by atoms with Crippen LogP contribution >= 0.6 is 0 Å². The Morgan fingerprint density at radius 2 is 1.53 bits per heavy atom. The van der Waals surface area contributed by atoms with E-state index in [1.54, 1.807) is 19.9 Å². The van der Waals surface area contributed by atoms with E-state index in [0.717, 1.165) is 13.0 Å². The number of rotatable bonds is 10. The van der Waals surface area contributed by atoms with Crippen molar-refractivity contribution in [2.75, 3.05) is 19.6 Å². The summed E-state index contributed by atoms with van der Waals surface area (Å²) in [6.07, 6.45) is 1.37. The molecule has 5 rings (SSSR count). The van der Waals surface area contributed by atoms with Crippen molar-refractivity contribution in [3.05, 3.63) is 112 Å². The van der Waals surface area contributed by atoms with E-state index >= 15 is 0 Å². The second-order valence-electron chi connectivity index (χ2n) is 13.4. The van der Waals surface area contributed by atoms with Crippen LogP contribution in [0.25, 0.3) is 0 Å². The first kappa shape index (κ1) is 32.3. The Labute approximate surface area is 264 Å². The fourth-order valence-electron chi connectivity index (χ4n) is 8.62. The summed E-state index contributed by atoms with van der Waals surface area (Å²) in [4.78, 5) is 40.6. The van der Waals surface area contributed by atoms with Crippen LogP contribution in [0.4, 0.5) is 5.69 Å². The van der Waals surface area contributed by atoms with Crippen LogP contribution in [-0.4, -0.2) is 63.7 Å². The van der Waals surface area contributed by atoms with Crippen molar-refractivity contribution in [2.24, 2.45) is 16.2 Å². The quantitative estimate of drug-likeness (QED) is 0.183. The van der Waals surface area contributed by atoms with E-state index in [-0.39, 0.29) is 11.6 Å². The number of carboxylic acid groups (broad SMARTS) is 2. The largest absolute Gasteiger partial charge is 0.481 e. The first-order valence-corrected chi connectivity index (χ1v) is 15.7. The average molecular weight is 614 g/mol. The first-order valence-electron chi connectivity index (χ1n) is 15.7. The summed E-state index contributed by atoms with van der Waals surface area (Å²) in [5.74, 6) is -3.10. The number of benzene rings is 3. The lowest BCUT2D eigenvalue weighted by Crippen LogP contribution is -2.73. The van der Waals surface area contributed by atoms with Crippen LogP contribution in [0.3, 0.4) is 0 Å². The maximum Gasteiger partial charge on any atom is 0.312 e. The van der Waals surface area contributed by atoms with Crippen molar-refractivity contribution in [1.29, 1.82) is 0 Å². The number of piperidine rings is 1. The van der Waals surface area contributed by atoms with E-state index in [4.69, 9.17) is 0 Å². The number of nitrogens with zero attached hydrogens (tertiary/aromatic N) is 2. The molecule has 3 aromatic rings. The number of carbonyl (C=O) groups is 2. The van der Waals surface area contributed by atoms with Crippen molar-refractivity contribution in [3.8, 4) is 0 Å². The Hall–Kier alpha value is -4.08. The van der Waals surface area contributed by atoms with Crippen LogP contribution in [0, 0.1) is 26.4 Å². The lowest BCUT2D eigenvalue weighted by Gasteiger charge is -2.61. The smallest absolute Gasteiger partial charge is 0.312 e. The Morgan fingerprint density at radius 1 is 0.933 bits per heavy atom. The predicted octanol–water partition coefficient (Wildman–Crippen LogP) is 6.15. The van der Waals surface area contributed by atoms with Gasteiger partial charge in [0.15, 0.2) is 0 Å². The van der Waals surface area contributed by atoms with Gasteiger partial charge < -0.3 is 20.4 Å². The molecular weight excluding hydrogens is 570 g/mol. The summed E-state index contributed by atoms with van der Waals surface area (Å²) in [6, 6.07) is 25.4. The normalized spacial score (nSPS) is 30.3. The molecule has 3 aromatic carbocycles. The van der Waals surface area contributed by atoms with Gasteiger partial charge in [-0.05, 0) is 68.8 Å². The highest BCUT2D eigenvalue weighted by molar-refractivity contribution is 5.85.